The van der Waals surface area contributed by atoms with Crippen molar-refractivity contribution in [3.63, 3.8) is 0 Å². The minimum absolute atomic E-state index is 0. The van der Waals surface area contributed by atoms with Gasteiger partial charge in [-0.2, -0.15) is 0 Å². The second-order valence-electron chi connectivity index (χ2n) is 2.52. The Labute approximate surface area is 87.7 Å². The van der Waals surface area contributed by atoms with Crippen LogP contribution in [-0.2, 0) is 14.3 Å². The predicted octanol–water partition coefficient (Wildman–Crippen LogP) is -0.995. The number of halogens is 1. The van der Waals surface area contributed by atoms with E-state index in [1.165, 1.54) is 7.11 Å². The highest BCUT2D eigenvalue weighted by Crippen LogP contribution is 2.05. The van der Waals surface area contributed by atoms with Gasteiger partial charge in [0, 0.05) is 13.0 Å². The number of ether oxygens (including phenoxy) is 1. The van der Waals surface area contributed by atoms with Gasteiger partial charge in [-0.3, -0.25) is 9.59 Å². The van der Waals surface area contributed by atoms with E-state index in [0.717, 1.165) is 0 Å². The summed E-state index contributed by atoms with van der Waals surface area (Å²) < 4.78 is 3.86. The van der Waals surface area contributed by atoms with Crippen LogP contribution >= 0.6 is 12.4 Å². The molecule has 84 valence electrons. The highest BCUT2D eigenvalue weighted by atomic mass is 35.5. The summed E-state index contributed by atoms with van der Waals surface area (Å²) in [6.07, 6.45) is -0.152. The average Bonchev–Trinajstić information content (AvgIpc) is 2.52. The first-order chi connectivity index (χ1) is 6.11. The van der Waals surface area contributed by atoms with Gasteiger partial charge in [-0.05, 0) is 0 Å². The van der Waals surface area contributed by atoms with E-state index in [0.29, 0.717) is 19.4 Å². The molecule has 14 heavy (non-hydrogen) atoms. The summed E-state index contributed by atoms with van der Waals surface area (Å²) in [6.45, 7) is 0.775. The summed E-state index contributed by atoms with van der Waals surface area (Å²) >= 11 is 0. The Bertz CT molecular complexity index is 177. The van der Waals surface area contributed by atoms with Gasteiger partial charge >= 0.3 is 5.97 Å². The smallest absolute Gasteiger partial charge is 0.320 e. The van der Waals surface area contributed by atoms with Gasteiger partial charge in [-0.15, -0.1) is 12.4 Å². The summed E-state index contributed by atoms with van der Waals surface area (Å²) in [5.74, 6) is -0.883. The molecule has 0 spiro atoms. The zero-order valence-corrected chi connectivity index (χ0v) is 8.49. The van der Waals surface area contributed by atoms with Gasteiger partial charge in [0.15, 0.2) is 0 Å². The molecular weight excluding hydrogens is 214 g/mol. The number of aliphatic carboxylic acids is 1. The summed E-state index contributed by atoms with van der Waals surface area (Å²) in [7, 11) is 1.31. The molecule has 1 rings (SSSR count). The van der Waals surface area contributed by atoms with Crippen LogP contribution in [0, 0.1) is 0 Å². The molecule has 2 unspecified atom stereocenters. The molecule has 0 aromatic rings. The van der Waals surface area contributed by atoms with Crippen molar-refractivity contribution in [2.24, 2.45) is 0 Å². The molecule has 1 heterocycles. The topological polar surface area (TPSA) is 95.9 Å². The molecule has 0 aromatic carbocycles. The van der Waals surface area contributed by atoms with Gasteiger partial charge in [0.1, 0.15) is 6.04 Å². The van der Waals surface area contributed by atoms with Gasteiger partial charge in [-0.1, -0.05) is 0 Å². The lowest BCUT2D eigenvalue weighted by atomic mass is 10.2. The van der Waals surface area contributed by atoms with Crippen molar-refractivity contribution in [1.29, 1.82) is 0 Å². The van der Waals surface area contributed by atoms with E-state index in [1.807, 2.05) is 0 Å². The Kier molecular flexibility index (Phi) is 9.74. The SMILES string of the molecule is COC=O.Cl.O=C(O)C1CC(O)CN1. The molecule has 0 bridgehead atoms. The number of carbonyl (C=O) groups excluding carboxylic acids is 1. The maximum absolute atomic E-state index is 10.2. The normalized spacial score (nSPS) is 23.9. The fraction of sp³-hybridized carbons (Fsp3) is 0.714. The zero-order valence-electron chi connectivity index (χ0n) is 7.67. The van der Waals surface area contributed by atoms with E-state index >= 15 is 0 Å². The number of hydrogen-bond donors (Lipinski definition) is 3. The lowest BCUT2D eigenvalue weighted by Gasteiger charge is -1.99. The van der Waals surface area contributed by atoms with Gasteiger partial charge in [0.05, 0.1) is 13.2 Å². The Hall–Kier alpha value is -0.850. The Balaban J connectivity index is 0. The number of carboxylic acid groups (broad SMARTS) is 1. The van der Waals surface area contributed by atoms with Crippen LogP contribution < -0.4 is 5.32 Å². The molecule has 0 amide bonds. The molecule has 0 radical (unpaired) electrons. The van der Waals surface area contributed by atoms with E-state index in [1.54, 1.807) is 0 Å². The number of β-amino-alcohol motifs (C(OH)–C–C–N with tert-alkyl or cyclic N) is 1. The van der Waals surface area contributed by atoms with Crippen LogP contribution in [0.5, 0.6) is 0 Å². The largest absolute Gasteiger partial charge is 0.480 e. The minimum Gasteiger partial charge on any atom is -0.480 e. The minimum atomic E-state index is -0.883. The van der Waals surface area contributed by atoms with Crippen LogP contribution in [0.4, 0.5) is 0 Å². The highest BCUT2D eigenvalue weighted by molar-refractivity contribution is 5.85. The molecule has 3 N–H and O–H groups in total. The molecular formula is C7H14ClNO5. The van der Waals surface area contributed by atoms with E-state index in [4.69, 9.17) is 15.0 Å². The fourth-order valence-corrected chi connectivity index (χ4v) is 0.905. The molecule has 7 heteroatoms. The summed E-state index contributed by atoms with van der Waals surface area (Å²) in [4.78, 5) is 19.1. The molecule has 1 aliphatic heterocycles. The zero-order chi connectivity index (χ0) is 10.3. The lowest BCUT2D eigenvalue weighted by molar-refractivity contribution is -0.139. The number of aliphatic hydroxyl groups excluding tert-OH is 1. The second-order valence-corrected chi connectivity index (χ2v) is 2.52. The first-order valence-electron chi connectivity index (χ1n) is 3.72. The first kappa shape index (κ1) is 15.6. The lowest BCUT2D eigenvalue weighted by Crippen LogP contribution is -2.29. The van der Waals surface area contributed by atoms with E-state index in [-0.39, 0.29) is 12.4 Å². The van der Waals surface area contributed by atoms with Crippen molar-refractivity contribution in [2.75, 3.05) is 13.7 Å². The van der Waals surface area contributed by atoms with E-state index in [2.05, 4.69) is 10.1 Å². The quantitative estimate of drug-likeness (QED) is 0.524. The van der Waals surface area contributed by atoms with Gasteiger partial charge in [0.2, 0.25) is 0 Å². The van der Waals surface area contributed by atoms with Crippen LogP contribution in [0.1, 0.15) is 6.42 Å². The average molecular weight is 228 g/mol. The monoisotopic (exact) mass is 227 g/mol. The van der Waals surface area contributed by atoms with Crippen LogP contribution in [-0.4, -0.2) is 48.5 Å². The third kappa shape index (κ3) is 6.64. The number of methoxy groups -OCH3 is 1. The van der Waals surface area contributed by atoms with Crippen molar-refractivity contribution < 1.29 is 24.5 Å². The summed E-state index contributed by atoms with van der Waals surface area (Å²) in [5.41, 5.74) is 0. The number of carboxylic acids is 1. The van der Waals surface area contributed by atoms with E-state index in [9.17, 15) is 4.79 Å². The Morgan fingerprint density at radius 2 is 2.14 bits per heavy atom. The molecule has 2 atom stereocenters. The number of rotatable bonds is 2. The Morgan fingerprint density at radius 1 is 1.64 bits per heavy atom. The van der Waals surface area contributed by atoms with E-state index < -0.39 is 18.1 Å². The summed E-state index contributed by atoms with van der Waals surface area (Å²) in [5, 5.41) is 19.8. The van der Waals surface area contributed by atoms with Crippen molar-refractivity contribution in [2.45, 2.75) is 18.6 Å². The van der Waals surface area contributed by atoms with Crippen molar-refractivity contribution in [3.05, 3.63) is 0 Å². The standard InChI is InChI=1S/C5H9NO3.C2H4O2.ClH/c7-3-1-4(5(8)9)6-2-3;1-4-2-3;/h3-4,6-7H,1-2H2,(H,8,9);2H,1H3;1H. The molecule has 1 aliphatic rings. The van der Waals surface area contributed by atoms with Crippen molar-refractivity contribution >= 4 is 24.8 Å². The molecule has 0 aliphatic carbocycles. The molecule has 1 fully saturated rings. The van der Waals surface area contributed by atoms with Crippen LogP contribution in [0.3, 0.4) is 0 Å². The predicted molar refractivity (Wildman–Crippen MR) is 50.4 cm³/mol. The van der Waals surface area contributed by atoms with Gasteiger partial charge in [-0.25, -0.2) is 0 Å². The third-order valence-electron chi connectivity index (χ3n) is 1.50. The molecule has 1 saturated heterocycles. The highest BCUT2D eigenvalue weighted by Gasteiger charge is 2.27. The number of carbonyl (C=O) groups is 2. The number of nitrogens with one attached hydrogen (secondary N) is 1. The van der Waals surface area contributed by atoms with Crippen LogP contribution in [0.15, 0.2) is 0 Å². The molecule has 0 aromatic heterocycles. The first-order valence-corrected chi connectivity index (χ1v) is 3.72. The maximum Gasteiger partial charge on any atom is 0.320 e. The van der Waals surface area contributed by atoms with Crippen molar-refractivity contribution in [3.8, 4) is 0 Å². The van der Waals surface area contributed by atoms with Gasteiger partial charge in [0.25, 0.3) is 6.47 Å². The fourth-order valence-electron chi connectivity index (χ4n) is 0.905. The Morgan fingerprint density at radius 3 is 2.29 bits per heavy atom. The van der Waals surface area contributed by atoms with Crippen LogP contribution in [0.2, 0.25) is 0 Å². The number of hydrogen-bond acceptors (Lipinski definition) is 5. The molecule has 0 saturated carbocycles. The maximum atomic E-state index is 10.2. The van der Waals surface area contributed by atoms with Crippen molar-refractivity contribution in [1.82, 2.24) is 5.32 Å². The summed E-state index contributed by atoms with van der Waals surface area (Å²) in [6, 6.07) is -0.542. The molecule has 6 nitrogen and oxygen atoms in total. The third-order valence-corrected chi connectivity index (χ3v) is 1.50. The number of aliphatic hydroxyl groups is 1. The van der Waals surface area contributed by atoms with Gasteiger partial charge < -0.3 is 20.3 Å². The van der Waals surface area contributed by atoms with Crippen LogP contribution in [0.25, 0.3) is 0 Å². The second kappa shape index (κ2) is 8.74.